The van der Waals surface area contributed by atoms with Crippen molar-refractivity contribution in [3.8, 4) is 22.6 Å². The molecule has 3 rings (SSSR count). The Morgan fingerprint density at radius 3 is 2.19 bits per heavy atom. The molecule has 0 fully saturated rings. The molecule has 2 N–H and O–H groups in total. The fourth-order valence-electron chi connectivity index (χ4n) is 3.77. The van der Waals surface area contributed by atoms with E-state index in [1.165, 1.54) is 26.4 Å². The molecule has 0 aliphatic rings. The van der Waals surface area contributed by atoms with Crippen molar-refractivity contribution in [3.05, 3.63) is 82.1 Å². The first-order valence-electron chi connectivity index (χ1n) is 11.2. The van der Waals surface area contributed by atoms with Gasteiger partial charge in [0.1, 0.15) is 23.4 Å². The Balaban J connectivity index is 1.88. The maximum Gasteiger partial charge on any atom is 0.328 e. The lowest BCUT2D eigenvalue weighted by atomic mass is 9.98. The number of hydrogen-bond acceptors (Lipinski definition) is 6. The van der Waals surface area contributed by atoms with Crippen LogP contribution >= 0.6 is 11.6 Å². The van der Waals surface area contributed by atoms with Crippen molar-refractivity contribution >= 4 is 23.5 Å². The van der Waals surface area contributed by atoms with E-state index in [4.69, 9.17) is 25.8 Å². The summed E-state index contributed by atoms with van der Waals surface area (Å²) in [6.07, 6.45) is 0.106. The smallest absolute Gasteiger partial charge is 0.328 e. The Morgan fingerprint density at radius 1 is 1.03 bits per heavy atom. The molecule has 0 spiro atoms. The van der Waals surface area contributed by atoms with Crippen LogP contribution in [0.1, 0.15) is 28.4 Å². The number of ether oxygens (including phenoxy) is 3. The van der Waals surface area contributed by atoms with Crippen LogP contribution in [0.5, 0.6) is 11.5 Å². The van der Waals surface area contributed by atoms with Crippen molar-refractivity contribution in [3.63, 3.8) is 0 Å². The molecule has 0 heterocycles. The standard InChI is InChI=1S/C27H27ClFNO6/c1-4-36-27(33)21(30-26(32)25-19(28)6-5-7-20(25)29)12-16-8-10-18(11-9-16)24-22(34-2)13-17(15-31)14-23(24)35-3/h5-11,13-14,21,31H,4,12,15H2,1-3H3,(H,30,32)/t21-/m0/s1. The van der Waals surface area contributed by atoms with Gasteiger partial charge in [-0.2, -0.15) is 0 Å². The zero-order chi connectivity index (χ0) is 26.2. The van der Waals surface area contributed by atoms with Crippen molar-refractivity contribution < 1.29 is 33.3 Å². The Kier molecular flexibility index (Phi) is 9.27. The second-order valence-electron chi connectivity index (χ2n) is 7.81. The summed E-state index contributed by atoms with van der Waals surface area (Å²) < 4.78 is 30.3. The number of carbonyl (C=O) groups excluding carboxylic acids is 2. The van der Waals surface area contributed by atoms with Gasteiger partial charge in [-0.05, 0) is 47.9 Å². The molecule has 1 atom stereocenters. The number of benzene rings is 3. The molecule has 0 saturated carbocycles. The van der Waals surface area contributed by atoms with E-state index in [0.29, 0.717) is 22.6 Å². The van der Waals surface area contributed by atoms with Crippen molar-refractivity contribution in [1.29, 1.82) is 0 Å². The predicted octanol–water partition coefficient (Wildman–Crippen LogP) is 4.56. The SMILES string of the molecule is CCOC(=O)[C@H](Cc1ccc(-c2c(OC)cc(CO)cc2OC)cc1)NC(=O)c1c(F)cccc1Cl. The van der Waals surface area contributed by atoms with E-state index in [0.717, 1.165) is 17.2 Å². The molecule has 0 aliphatic carbocycles. The molecule has 3 aromatic rings. The molecule has 0 radical (unpaired) electrons. The van der Waals surface area contributed by atoms with Crippen LogP contribution in [0.2, 0.25) is 5.02 Å². The molecule has 0 saturated heterocycles. The maximum absolute atomic E-state index is 14.2. The number of esters is 1. The summed E-state index contributed by atoms with van der Waals surface area (Å²) in [5.74, 6) is -1.19. The quantitative estimate of drug-likeness (QED) is 0.384. The predicted molar refractivity (Wildman–Crippen MR) is 134 cm³/mol. The van der Waals surface area contributed by atoms with Gasteiger partial charge in [0.15, 0.2) is 0 Å². The lowest BCUT2D eigenvalue weighted by molar-refractivity contribution is -0.145. The lowest BCUT2D eigenvalue weighted by Crippen LogP contribution is -2.43. The average Bonchev–Trinajstić information content (AvgIpc) is 2.88. The highest BCUT2D eigenvalue weighted by Gasteiger charge is 2.26. The van der Waals surface area contributed by atoms with Crippen LogP contribution < -0.4 is 14.8 Å². The molecule has 0 aliphatic heterocycles. The molecule has 36 heavy (non-hydrogen) atoms. The van der Waals surface area contributed by atoms with Crippen LogP contribution in [-0.4, -0.2) is 43.9 Å². The summed E-state index contributed by atoms with van der Waals surface area (Å²) in [4.78, 5) is 25.3. The van der Waals surface area contributed by atoms with E-state index < -0.39 is 23.7 Å². The molecule has 9 heteroatoms. The van der Waals surface area contributed by atoms with E-state index >= 15 is 0 Å². The fourth-order valence-corrected chi connectivity index (χ4v) is 4.02. The first kappa shape index (κ1) is 27.0. The molecular weight excluding hydrogens is 489 g/mol. The third kappa shape index (κ3) is 6.13. The van der Waals surface area contributed by atoms with Crippen LogP contribution in [0.3, 0.4) is 0 Å². The summed E-state index contributed by atoms with van der Waals surface area (Å²) in [6.45, 7) is 1.61. The third-order valence-electron chi connectivity index (χ3n) is 5.50. The van der Waals surface area contributed by atoms with Gasteiger partial charge in [0.25, 0.3) is 5.91 Å². The minimum absolute atomic E-state index is 0.0606. The first-order chi connectivity index (χ1) is 17.3. The van der Waals surface area contributed by atoms with Crippen molar-refractivity contribution in [2.45, 2.75) is 26.0 Å². The van der Waals surface area contributed by atoms with Gasteiger partial charge in [0, 0.05) is 6.42 Å². The van der Waals surface area contributed by atoms with E-state index in [1.807, 2.05) is 12.1 Å². The Bertz CT molecular complexity index is 1190. The second kappa shape index (κ2) is 12.4. The molecule has 0 aromatic heterocycles. The average molecular weight is 516 g/mol. The third-order valence-corrected chi connectivity index (χ3v) is 5.81. The number of halogens is 2. The van der Waals surface area contributed by atoms with Crippen LogP contribution in [0, 0.1) is 5.82 Å². The van der Waals surface area contributed by atoms with Crippen molar-refractivity contribution in [1.82, 2.24) is 5.32 Å². The van der Waals surface area contributed by atoms with E-state index in [1.54, 1.807) is 31.2 Å². The number of amides is 1. The zero-order valence-electron chi connectivity index (χ0n) is 20.1. The fraction of sp³-hybridized carbons (Fsp3) is 0.259. The summed E-state index contributed by atoms with van der Waals surface area (Å²) >= 11 is 6.00. The Morgan fingerprint density at radius 2 is 1.67 bits per heavy atom. The summed E-state index contributed by atoms with van der Waals surface area (Å²) in [5, 5.41) is 12.0. The topological polar surface area (TPSA) is 94.1 Å². The molecule has 3 aromatic carbocycles. The minimum atomic E-state index is -1.06. The number of methoxy groups -OCH3 is 2. The Labute approximate surface area is 213 Å². The van der Waals surface area contributed by atoms with Gasteiger partial charge in [-0.3, -0.25) is 4.79 Å². The number of aliphatic hydroxyl groups is 1. The highest BCUT2D eigenvalue weighted by molar-refractivity contribution is 6.33. The van der Waals surface area contributed by atoms with E-state index in [9.17, 15) is 19.1 Å². The van der Waals surface area contributed by atoms with Gasteiger partial charge in [-0.25, -0.2) is 9.18 Å². The highest BCUT2D eigenvalue weighted by atomic mass is 35.5. The lowest BCUT2D eigenvalue weighted by Gasteiger charge is -2.19. The maximum atomic E-state index is 14.2. The van der Waals surface area contributed by atoms with Crippen LogP contribution in [0.4, 0.5) is 4.39 Å². The van der Waals surface area contributed by atoms with Crippen LogP contribution in [0.15, 0.2) is 54.6 Å². The molecular formula is C27H27ClFNO6. The van der Waals surface area contributed by atoms with Crippen molar-refractivity contribution in [2.75, 3.05) is 20.8 Å². The molecule has 0 unspecified atom stereocenters. The number of aliphatic hydroxyl groups excluding tert-OH is 1. The van der Waals surface area contributed by atoms with Crippen LogP contribution in [0.25, 0.3) is 11.1 Å². The van der Waals surface area contributed by atoms with Gasteiger partial charge in [-0.1, -0.05) is 41.9 Å². The largest absolute Gasteiger partial charge is 0.496 e. The van der Waals surface area contributed by atoms with Gasteiger partial charge in [0.05, 0.1) is 43.6 Å². The van der Waals surface area contributed by atoms with Gasteiger partial charge >= 0.3 is 5.97 Å². The highest BCUT2D eigenvalue weighted by Crippen LogP contribution is 2.39. The minimum Gasteiger partial charge on any atom is -0.496 e. The number of nitrogens with one attached hydrogen (secondary N) is 1. The monoisotopic (exact) mass is 515 g/mol. The van der Waals surface area contributed by atoms with Crippen LogP contribution in [-0.2, 0) is 22.6 Å². The Hall–Kier alpha value is -3.62. The summed E-state index contributed by atoms with van der Waals surface area (Å²) in [7, 11) is 3.06. The number of carbonyl (C=O) groups is 2. The summed E-state index contributed by atoms with van der Waals surface area (Å²) in [5.41, 5.74) is 2.52. The molecule has 1 amide bonds. The summed E-state index contributed by atoms with van der Waals surface area (Å²) in [6, 6.07) is 13.5. The zero-order valence-corrected chi connectivity index (χ0v) is 20.9. The van der Waals surface area contributed by atoms with Gasteiger partial charge < -0.3 is 24.6 Å². The normalized spacial score (nSPS) is 11.5. The molecule has 0 bridgehead atoms. The second-order valence-corrected chi connectivity index (χ2v) is 8.22. The van der Waals surface area contributed by atoms with Gasteiger partial charge in [0.2, 0.25) is 0 Å². The van der Waals surface area contributed by atoms with E-state index in [2.05, 4.69) is 5.32 Å². The van der Waals surface area contributed by atoms with E-state index in [-0.39, 0.29) is 30.2 Å². The molecule has 190 valence electrons. The number of hydrogen-bond donors (Lipinski definition) is 2. The molecule has 7 nitrogen and oxygen atoms in total. The first-order valence-corrected chi connectivity index (χ1v) is 11.6. The van der Waals surface area contributed by atoms with Gasteiger partial charge in [-0.15, -0.1) is 0 Å². The number of rotatable bonds is 10. The van der Waals surface area contributed by atoms with Crippen molar-refractivity contribution in [2.24, 2.45) is 0 Å².